The van der Waals surface area contributed by atoms with E-state index in [-0.39, 0.29) is 0 Å². The zero-order valence-electron chi connectivity index (χ0n) is 35.0. The first-order valence-electron chi connectivity index (χ1n) is 19.2. The Morgan fingerprint density at radius 2 is 0.704 bits per heavy atom. The maximum absolute atomic E-state index is 4.18. The summed E-state index contributed by atoms with van der Waals surface area (Å²) in [6.07, 6.45) is 18.1. The highest BCUT2D eigenvalue weighted by molar-refractivity contribution is 5.18. The van der Waals surface area contributed by atoms with E-state index >= 15 is 0 Å². The molecule has 0 spiro atoms. The summed E-state index contributed by atoms with van der Waals surface area (Å²) in [5.74, 6) is 3.50. The smallest absolute Gasteiger partial charge is 0.0612 e. The summed E-state index contributed by atoms with van der Waals surface area (Å²) in [6.45, 7) is 25.9. The molecule has 0 N–H and O–H groups in total. The second kappa shape index (κ2) is 28.4. The third-order valence-corrected chi connectivity index (χ3v) is 8.00. The van der Waals surface area contributed by atoms with Gasteiger partial charge in [0.2, 0.25) is 0 Å². The molecule has 0 saturated carbocycles. The number of rotatable bonds is 6. The van der Waals surface area contributed by atoms with Gasteiger partial charge in [-0.2, -0.15) is 0 Å². The second-order valence-corrected chi connectivity index (χ2v) is 14.6. The van der Waals surface area contributed by atoms with Crippen molar-refractivity contribution < 1.29 is 0 Å². The van der Waals surface area contributed by atoms with Crippen LogP contribution in [0.2, 0.25) is 0 Å². The Morgan fingerprint density at radius 3 is 0.981 bits per heavy atom. The van der Waals surface area contributed by atoms with E-state index in [9.17, 15) is 0 Å². The molecule has 0 amide bonds. The van der Waals surface area contributed by atoms with Crippen LogP contribution in [0.4, 0.5) is 0 Å². The van der Waals surface area contributed by atoms with Gasteiger partial charge in [0.15, 0.2) is 0 Å². The van der Waals surface area contributed by atoms with Gasteiger partial charge in [-0.05, 0) is 94.2 Å². The van der Waals surface area contributed by atoms with Crippen LogP contribution in [-0.2, 0) is 0 Å². The zero-order chi connectivity index (χ0) is 40.1. The first-order valence-corrected chi connectivity index (χ1v) is 19.2. The van der Waals surface area contributed by atoms with Crippen LogP contribution in [0.3, 0.4) is 0 Å². The molecule has 0 aliphatic heterocycles. The molecule has 6 aromatic rings. The van der Waals surface area contributed by atoms with Crippen molar-refractivity contribution in [1.82, 2.24) is 29.9 Å². The first-order chi connectivity index (χ1) is 25.8. The molecule has 0 aliphatic rings. The Labute approximate surface area is 328 Å². The SMILES string of the molecule is CC(C)c1ccccc1.CC(C)c1ccccn1.CC(C)c1cccnc1.CC(C)c1cccnc1.CC(C)c1ccncc1.CC(C)c1cnccn1. The van der Waals surface area contributed by atoms with E-state index in [0.29, 0.717) is 35.5 Å². The molecule has 0 saturated heterocycles. The Kier molecular flexibility index (Phi) is 24.7. The van der Waals surface area contributed by atoms with E-state index in [4.69, 9.17) is 0 Å². The molecule has 6 nitrogen and oxygen atoms in total. The fraction of sp³-hybridized carbons (Fsp3) is 0.375. The Bertz CT molecular complexity index is 1340. The standard InChI is InChI=1S/C9H12.4C8H11N.C7H10N2/c1-8(2)9-6-4-3-5-7-9;1-7(2)8-3-5-9-6-4-8;2*1-7(2)8-4-3-5-9-6-8;1-7(2)8-5-3-4-6-9-8;1-6(2)7-5-8-3-4-9-7/h3-8H,1-2H3;4*3-7H,1-2H3;3-6H,1-2H3. The van der Waals surface area contributed by atoms with Crippen LogP contribution in [0.1, 0.15) is 152 Å². The lowest BCUT2D eigenvalue weighted by Gasteiger charge is -2.01. The summed E-state index contributed by atoms with van der Waals surface area (Å²) in [6, 6.07) is 28.7. The highest BCUT2D eigenvalue weighted by Crippen LogP contribution is 2.13. The summed E-state index contributed by atoms with van der Waals surface area (Å²) in [5, 5.41) is 0. The van der Waals surface area contributed by atoms with Crippen LogP contribution in [-0.4, -0.2) is 29.9 Å². The van der Waals surface area contributed by atoms with Crippen molar-refractivity contribution in [3.63, 3.8) is 0 Å². The predicted octanol–water partition coefficient (Wildman–Crippen LogP) is 13.2. The monoisotopic (exact) mass is 727 g/mol. The van der Waals surface area contributed by atoms with Gasteiger partial charge in [0.05, 0.1) is 5.69 Å². The van der Waals surface area contributed by atoms with Crippen LogP contribution < -0.4 is 0 Å². The lowest BCUT2D eigenvalue weighted by molar-refractivity contribution is 0.812. The van der Waals surface area contributed by atoms with Gasteiger partial charge < -0.3 is 0 Å². The second-order valence-electron chi connectivity index (χ2n) is 14.6. The Hall–Kier alpha value is -5.10. The molecule has 1 aromatic carbocycles. The van der Waals surface area contributed by atoms with Crippen LogP contribution in [0.25, 0.3) is 0 Å². The summed E-state index contributed by atoms with van der Waals surface area (Å²) >= 11 is 0. The van der Waals surface area contributed by atoms with Crippen molar-refractivity contribution in [2.45, 2.75) is 119 Å². The molecule has 288 valence electrons. The quantitative estimate of drug-likeness (QED) is 0.170. The normalized spacial score (nSPS) is 10.1. The maximum Gasteiger partial charge on any atom is 0.0612 e. The minimum absolute atomic E-state index is 0.485. The number of benzene rings is 1. The van der Waals surface area contributed by atoms with E-state index in [1.807, 2.05) is 79.5 Å². The lowest BCUT2D eigenvalue weighted by atomic mass is 10.0. The Balaban J connectivity index is 0.000000324. The highest BCUT2D eigenvalue weighted by Gasteiger charge is 1.98. The number of aromatic nitrogens is 6. The van der Waals surface area contributed by atoms with Crippen molar-refractivity contribution >= 4 is 0 Å². The molecule has 0 aliphatic carbocycles. The highest BCUT2D eigenvalue weighted by atomic mass is 14.8. The van der Waals surface area contributed by atoms with Gasteiger partial charge in [0.25, 0.3) is 0 Å². The van der Waals surface area contributed by atoms with Gasteiger partial charge in [-0.15, -0.1) is 0 Å². The lowest BCUT2D eigenvalue weighted by Crippen LogP contribution is -1.91. The van der Waals surface area contributed by atoms with E-state index in [1.165, 1.54) is 22.3 Å². The maximum atomic E-state index is 4.18. The largest absolute Gasteiger partial charge is 0.265 e. The topological polar surface area (TPSA) is 77.3 Å². The summed E-state index contributed by atoms with van der Waals surface area (Å²) < 4.78 is 0. The van der Waals surface area contributed by atoms with E-state index in [1.54, 1.807) is 31.0 Å². The fourth-order valence-electron chi connectivity index (χ4n) is 4.35. The Morgan fingerprint density at radius 1 is 0.278 bits per heavy atom. The van der Waals surface area contributed by atoms with E-state index in [0.717, 1.165) is 11.4 Å². The van der Waals surface area contributed by atoms with Crippen molar-refractivity contribution in [3.8, 4) is 0 Å². The minimum Gasteiger partial charge on any atom is -0.265 e. The van der Waals surface area contributed by atoms with Crippen molar-refractivity contribution in [1.29, 1.82) is 0 Å². The van der Waals surface area contributed by atoms with E-state index in [2.05, 4.69) is 149 Å². The van der Waals surface area contributed by atoms with Crippen molar-refractivity contribution in [3.05, 3.63) is 181 Å². The predicted molar refractivity (Wildman–Crippen MR) is 230 cm³/mol. The molecule has 0 bridgehead atoms. The van der Waals surface area contributed by atoms with E-state index < -0.39 is 0 Å². The molecule has 0 atom stereocenters. The number of nitrogens with zero attached hydrogens (tertiary/aromatic N) is 6. The van der Waals surface area contributed by atoms with Crippen LogP contribution >= 0.6 is 0 Å². The molecule has 0 unspecified atom stereocenters. The van der Waals surface area contributed by atoms with Crippen LogP contribution in [0.15, 0.2) is 147 Å². The summed E-state index contributed by atoms with van der Waals surface area (Å²) in [7, 11) is 0. The van der Waals surface area contributed by atoms with Crippen molar-refractivity contribution in [2.24, 2.45) is 0 Å². The molecule has 6 rings (SSSR count). The van der Waals surface area contributed by atoms with Crippen LogP contribution in [0, 0.1) is 0 Å². The molecular formula is C48H66N6. The number of hydrogen-bond acceptors (Lipinski definition) is 6. The minimum atomic E-state index is 0.485. The number of hydrogen-bond donors (Lipinski definition) is 0. The van der Waals surface area contributed by atoms with Gasteiger partial charge in [0, 0.05) is 67.7 Å². The average molecular weight is 727 g/mol. The molecule has 54 heavy (non-hydrogen) atoms. The molecule has 0 radical (unpaired) electrons. The third-order valence-electron chi connectivity index (χ3n) is 8.00. The third kappa shape index (κ3) is 22.1. The van der Waals surface area contributed by atoms with Crippen LogP contribution in [0.5, 0.6) is 0 Å². The first kappa shape index (κ1) is 46.9. The van der Waals surface area contributed by atoms with Gasteiger partial charge in [-0.3, -0.25) is 29.9 Å². The summed E-state index contributed by atoms with van der Waals surface area (Å²) in [4.78, 5) is 24.2. The van der Waals surface area contributed by atoms with Gasteiger partial charge in [-0.25, -0.2) is 0 Å². The summed E-state index contributed by atoms with van der Waals surface area (Å²) in [5.41, 5.74) is 7.59. The molecule has 6 heteroatoms. The molecule has 5 heterocycles. The van der Waals surface area contributed by atoms with Crippen molar-refractivity contribution in [2.75, 3.05) is 0 Å². The zero-order valence-corrected chi connectivity index (χ0v) is 35.0. The molecule has 5 aromatic heterocycles. The molecular weight excluding hydrogens is 661 g/mol. The van der Waals surface area contributed by atoms with Gasteiger partial charge >= 0.3 is 0 Å². The average Bonchev–Trinajstić information content (AvgIpc) is 3.21. The number of pyridine rings is 4. The fourth-order valence-corrected chi connectivity index (χ4v) is 4.35. The van der Waals surface area contributed by atoms with Gasteiger partial charge in [-0.1, -0.05) is 132 Å². The molecule has 0 fully saturated rings. The van der Waals surface area contributed by atoms with Gasteiger partial charge in [0.1, 0.15) is 0 Å².